The third-order valence-electron chi connectivity index (χ3n) is 1.50. The molecule has 0 saturated heterocycles. The summed E-state index contributed by atoms with van der Waals surface area (Å²) in [7, 11) is 0. The Morgan fingerprint density at radius 2 is 2.38 bits per heavy atom. The minimum absolute atomic E-state index is 0.128. The highest BCUT2D eigenvalue weighted by molar-refractivity contribution is 5.96. The van der Waals surface area contributed by atoms with Gasteiger partial charge in [0.25, 0.3) is 0 Å². The van der Waals surface area contributed by atoms with Gasteiger partial charge in [-0.1, -0.05) is 12.1 Å². The molecule has 1 aromatic heterocycles. The van der Waals surface area contributed by atoms with Gasteiger partial charge in [0.15, 0.2) is 0 Å². The third-order valence-corrected chi connectivity index (χ3v) is 1.50. The smallest absolute Gasteiger partial charge is 0.286 e. The average Bonchev–Trinajstić information content (AvgIpc) is 2.52. The maximum atomic E-state index is 12.0. The van der Waals surface area contributed by atoms with Gasteiger partial charge in [0.05, 0.1) is 6.20 Å². The van der Waals surface area contributed by atoms with Gasteiger partial charge in [-0.2, -0.15) is 0 Å². The van der Waals surface area contributed by atoms with Gasteiger partial charge in [0.2, 0.25) is 5.78 Å². The number of alkyl halides is 2. The lowest BCUT2D eigenvalue weighted by molar-refractivity contribution is 0.0666. The van der Waals surface area contributed by atoms with Gasteiger partial charge in [0, 0.05) is 6.54 Å². The van der Waals surface area contributed by atoms with E-state index in [4.69, 9.17) is 0 Å². The standard InChI is InChI=1S/C7H9F2N3O/c1-2-3-12-5(4-10-11-12)6(13)7(8)9/h4,7H,2-3H2,1H3. The molecule has 6 heteroatoms. The van der Waals surface area contributed by atoms with E-state index in [-0.39, 0.29) is 5.69 Å². The fourth-order valence-corrected chi connectivity index (χ4v) is 0.937. The van der Waals surface area contributed by atoms with Gasteiger partial charge in [-0.3, -0.25) is 4.79 Å². The van der Waals surface area contributed by atoms with E-state index in [1.54, 1.807) is 0 Å². The van der Waals surface area contributed by atoms with E-state index in [2.05, 4.69) is 10.3 Å². The summed E-state index contributed by atoms with van der Waals surface area (Å²) in [5.74, 6) is -1.22. The number of ketones is 1. The maximum absolute atomic E-state index is 12.0. The molecule has 0 saturated carbocycles. The summed E-state index contributed by atoms with van der Waals surface area (Å²) in [6, 6.07) is 0. The molecule has 0 radical (unpaired) electrons. The molecule has 1 heterocycles. The van der Waals surface area contributed by atoms with Crippen molar-refractivity contribution in [2.24, 2.45) is 0 Å². The molecule has 0 fully saturated rings. The van der Waals surface area contributed by atoms with E-state index < -0.39 is 12.2 Å². The monoisotopic (exact) mass is 189 g/mol. The van der Waals surface area contributed by atoms with Crippen molar-refractivity contribution in [3.63, 3.8) is 0 Å². The van der Waals surface area contributed by atoms with Gasteiger partial charge in [-0.05, 0) is 6.42 Å². The summed E-state index contributed by atoms with van der Waals surface area (Å²) < 4.78 is 25.2. The quantitative estimate of drug-likeness (QED) is 0.667. The molecule has 0 unspecified atom stereocenters. The highest BCUT2D eigenvalue weighted by Gasteiger charge is 2.21. The van der Waals surface area contributed by atoms with E-state index in [1.165, 1.54) is 4.68 Å². The Bertz CT molecular complexity index is 298. The Kier molecular flexibility index (Phi) is 3.05. The molecular weight excluding hydrogens is 180 g/mol. The van der Waals surface area contributed by atoms with Crippen LogP contribution < -0.4 is 0 Å². The molecule has 0 spiro atoms. The predicted molar refractivity (Wildman–Crippen MR) is 40.6 cm³/mol. The van der Waals surface area contributed by atoms with Crippen LogP contribution in [0.1, 0.15) is 23.8 Å². The van der Waals surface area contributed by atoms with Gasteiger partial charge >= 0.3 is 6.43 Å². The van der Waals surface area contributed by atoms with Crippen LogP contribution in [0.4, 0.5) is 8.78 Å². The van der Waals surface area contributed by atoms with Crippen molar-refractivity contribution in [3.8, 4) is 0 Å². The number of hydrogen-bond donors (Lipinski definition) is 0. The largest absolute Gasteiger partial charge is 0.302 e. The van der Waals surface area contributed by atoms with Gasteiger partial charge in [0.1, 0.15) is 5.69 Å². The van der Waals surface area contributed by atoms with Crippen LogP contribution >= 0.6 is 0 Å². The summed E-state index contributed by atoms with van der Waals surface area (Å²) in [4.78, 5) is 10.9. The first-order valence-corrected chi connectivity index (χ1v) is 3.87. The molecule has 1 rings (SSSR count). The first-order chi connectivity index (χ1) is 6.16. The highest BCUT2D eigenvalue weighted by Crippen LogP contribution is 2.06. The van der Waals surface area contributed by atoms with Gasteiger partial charge < -0.3 is 0 Å². The molecular formula is C7H9F2N3O. The first kappa shape index (κ1) is 9.76. The van der Waals surface area contributed by atoms with Crippen LogP contribution in [0.15, 0.2) is 6.20 Å². The highest BCUT2D eigenvalue weighted by atomic mass is 19.3. The molecule has 0 N–H and O–H groups in total. The van der Waals surface area contributed by atoms with Crippen LogP contribution in [0, 0.1) is 0 Å². The summed E-state index contributed by atoms with van der Waals surface area (Å²) >= 11 is 0. The zero-order valence-corrected chi connectivity index (χ0v) is 7.07. The number of aryl methyl sites for hydroxylation is 1. The lowest BCUT2D eigenvalue weighted by Gasteiger charge is -2.01. The molecule has 0 aliphatic carbocycles. The minimum atomic E-state index is -2.99. The number of carbonyl (C=O) groups is 1. The number of rotatable bonds is 4. The van der Waals surface area contributed by atoms with Crippen molar-refractivity contribution in [2.45, 2.75) is 26.3 Å². The molecule has 0 amide bonds. The second-order valence-corrected chi connectivity index (χ2v) is 2.51. The van der Waals surface area contributed by atoms with Crippen molar-refractivity contribution in [1.29, 1.82) is 0 Å². The summed E-state index contributed by atoms with van der Waals surface area (Å²) in [6.07, 6.45) is -1.22. The van der Waals surface area contributed by atoms with E-state index in [0.29, 0.717) is 13.0 Å². The molecule has 72 valence electrons. The molecule has 0 aromatic carbocycles. The molecule has 4 nitrogen and oxygen atoms in total. The SMILES string of the molecule is CCCn1nncc1C(=O)C(F)F. The zero-order valence-electron chi connectivity index (χ0n) is 7.07. The number of halogens is 2. The second-order valence-electron chi connectivity index (χ2n) is 2.51. The zero-order chi connectivity index (χ0) is 9.84. The third kappa shape index (κ3) is 2.07. The molecule has 13 heavy (non-hydrogen) atoms. The van der Waals surface area contributed by atoms with E-state index in [0.717, 1.165) is 6.20 Å². The van der Waals surface area contributed by atoms with E-state index in [1.807, 2.05) is 6.92 Å². The van der Waals surface area contributed by atoms with Crippen LogP contribution in [-0.4, -0.2) is 27.2 Å². The van der Waals surface area contributed by atoms with E-state index >= 15 is 0 Å². The lowest BCUT2D eigenvalue weighted by Crippen LogP contribution is -2.16. The molecule has 0 aliphatic rings. The van der Waals surface area contributed by atoms with Crippen molar-refractivity contribution < 1.29 is 13.6 Å². The Morgan fingerprint density at radius 3 is 2.92 bits per heavy atom. The number of hydrogen-bond acceptors (Lipinski definition) is 3. The Balaban J connectivity index is 2.87. The first-order valence-electron chi connectivity index (χ1n) is 3.87. The van der Waals surface area contributed by atoms with Crippen LogP contribution in [0.5, 0.6) is 0 Å². The Labute approximate surface area is 73.5 Å². The molecule has 0 atom stereocenters. The topological polar surface area (TPSA) is 47.8 Å². The minimum Gasteiger partial charge on any atom is -0.286 e. The van der Waals surface area contributed by atoms with Crippen molar-refractivity contribution in [3.05, 3.63) is 11.9 Å². The number of nitrogens with zero attached hydrogens (tertiary/aromatic N) is 3. The fourth-order valence-electron chi connectivity index (χ4n) is 0.937. The molecule has 0 aliphatic heterocycles. The summed E-state index contributed by atoms with van der Waals surface area (Å²) in [5, 5.41) is 6.92. The van der Waals surface area contributed by atoms with Crippen LogP contribution in [0.25, 0.3) is 0 Å². The lowest BCUT2D eigenvalue weighted by atomic mass is 10.3. The second kappa shape index (κ2) is 4.06. The maximum Gasteiger partial charge on any atom is 0.302 e. The predicted octanol–water partition coefficient (Wildman–Crippen LogP) is 1.14. The molecule has 0 bridgehead atoms. The summed E-state index contributed by atoms with van der Waals surface area (Å²) in [6.45, 7) is 2.28. The number of carbonyl (C=O) groups excluding carboxylic acids is 1. The van der Waals surface area contributed by atoms with Gasteiger partial charge in [-0.15, -0.1) is 5.10 Å². The van der Waals surface area contributed by atoms with Crippen LogP contribution in [0.3, 0.4) is 0 Å². The van der Waals surface area contributed by atoms with Crippen LogP contribution in [-0.2, 0) is 6.54 Å². The normalized spacial score (nSPS) is 10.8. The summed E-state index contributed by atoms with van der Waals surface area (Å²) in [5.41, 5.74) is -0.128. The Hall–Kier alpha value is -1.33. The Morgan fingerprint density at radius 1 is 1.69 bits per heavy atom. The van der Waals surface area contributed by atoms with Crippen LogP contribution in [0.2, 0.25) is 0 Å². The van der Waals surface area contributed by atoms with Crippen molar-refractivity contribution >= 4 is 5.78 Å². The van der Waals surface area contributed by atoms with Crippen molar-refractivity contribution in [2.75, 3.05) is 0 Å². The van der Waals surface area contributed by atoms with E-state index in [9.17, 15) is 13.6 Å². The van der Waals surface area contributed by atoms with Gasteiger partial charge in [-0.25, -0.2) is 13.5 Å². The molecule has 1 aromatic rings. The number of aromatic nitrogens is 3. The fraction of sp³-hybridized carbons (Fsp3) is 0.571. The average molecular weight is 189 g/mol. The van der Waals surface area contributed by atoms with Crippen molar-refractivity contribution in [1.82, 2.24) is 15.0 Å². The number of Topliss-reactive ketones (excluding diaryl/α,β-unsaturated/α-hetero) is 1.